The highest BCUT2D eigenvalue weighted by atomic mass is 16.6. The molecule has 0 unspecified atom stereocenters. The molecule has 1 aliphatic rings. The number of urea groups is 1. The van der Waals surface area contributed by atoms with Crippen LogP contribution in [-0.4, -0.2) is 36.1 Å². The standard InChI is InChI=1S/C19H16N4O6/c1-11-4-3-5-12(8-11)22-18(25)14(17(24)21-19(22)26)10-20-15-9-13(23(27)28)6-7-16(15)29-2/h3-10,14H,1-2H3,(H,21,24,26)/t14-/m0/s1. The Morgan fingerprint density at radius 1 is 1.21 bits per heavy atom. The Labute approximate surface area is 164 Å². The van der Waals surface area contributed by atoms with Crippen molar-refractivity contribution < 1.29 is 24.0 Å². The third-order valence-corrected chi connectivity index (χ3v) is 4.20. The number of benzene rings is 2. The van der Waals surface area contributed by atoms with E-state index in [-0.39, 0.29) is 17.1 Å². The van der Waals surface area contributed by atoms with E-state index < -0.39 is 28.7 Å². The number of nitro groups is 1. The molecule has 2 aromatic rings. The monoisotopic (exact) mass is 396 g/mol. The molecule has 1 saturated heterocycles. The number of anilines is 1. The van der Waals surface area contributed by atoms with Gasteiger partial charge >= 0.3 is 6.03 Å². The van der Waals surface area contributed by atoms with E-state index in [1.165, 1.54) is 19.2 Å². The van der Waals surface area contributed by atoms with Crippen molar-refractivity contribution in [3.63, 3.8) is 0 Å². The molecule has 1 aliphatic heterocycles. The summed E-state index contributed by atoms with van der Waals surface area (Å²) in [5, 5.41) is 13.1. The maximum absolute atomic E-state index is 12.8. The Morgan fingerprint density at radius 3 is 2.62 bits per heavy atom. The molecule has 3 rings (SSSR count). The number of nitro benzene ring substituents is 1. The highest BCUT2D eigenvalue weighted by molar-refractivity contribution is 6.32. The van der Waals surface area contributed by atoms with Crippen LogP contribution in [0, 0.1) is 23.0 Å². The molecule has 1 atom stereocenters. The summed E-state index contributed by atoms with van der Waals surface area (Å²) < 4.78 is 5.11. The molecule has 0 radical (unpaired) electrons. The van der Waals surface area contributed by atoms with Gasteiger partial charge in [0.1, 0.15) is 11.4 Å². The summed E-state index contributed by atoms with van der Waals surface area (Å²) >= 11 is 0. The Bertz CT molecular complexity index is 1050. The van der Waals surface area contributed by atoms with Gasteiger partial charge in [-0.3, -0.25) is 30.0 Å². The molecule has 0 bridgehead atoms. The molecule has 10 heteroatoms. The summed E-state index contributed by atoms with van der Waals surface area (Å²) in [6.07, 6.45) is 1.04. The SMILES string of the molecule is COc1ccc([N+](=O)[O-])cc1N=C[C@H]1C(=O)NC(=O)N(c2cccc(C)c2)C1=O. The molecule has 2 aromatic carbocycles. The second-order valence-electron chi connectivity index (χ2n) is 6.18. The van der Waals surface area contributed by atoms with Gasteiger partial charge < -0.3 is 4.74 Å². The molecule has 1 heterocycles. The predicted molar refractivity (Wildman–Crippen MR) is 103 cm³/mol. The molecular weight excluding hydrogens is 380 g/mol. The van der Waals surface area contributed by atoms with Crippen LogP contribution in [0.4, 0.5) is 21.9 Å². The molecule has 0 saturated carbocycles. The van der Waals surface area contributed by atoms with Gasteiger partial charge in [-0.2, -0.15) is 0 Å². The second kappa shape index (κ2) is 7.89. The third kappa shape index (κ3) is 3.95. The van der Waals surface area contributed by atoms with Crippen molar-refractivity contribution >= 4 is 41.1 Å². The van der Waals surface area contributed by atoms with Gasteiger partial charge in [-0.25, -0.2) is 9.69 Å². The van der Waals surface area contributed by atoms with Crippen LogP contribution in [0.2, 0.25) is 0 Å². The van der Waals surface area contributed by atoms with Crippen molar-refractivity contribution in [3.8, 4) is 5.75 Å². The molecule has 1 N–H and O–H groups in total. The molecular formula is C19H16N4O6. The van der Waals surface area contributed by atoms with Gasteiger partial charge in [0.15, 0.2) is 5.92 Å². The van der Waals surface area contributed by atoms with Crippen molar-refractivity contribution in [1.29, 1.82) is 0 Å². The van der Waals surface area contributed by atoms with E-state index in [0.29, 0.717) is 5.69 Å². The number of nitrogens with zero attached hydrogens (tertiary/aromatic N) is 3. The number of carbonyl (C=O) groups is 3. The van der Waals surface area contributed by atoms with Crippen LogP contribution in [0.1, 0.15) is 5.56 Å². The van der Waals surface area contributed by atoms with Crippen LogP contribution >= 0.6 is 0 Å². The second-order valence-corrected chi connectivity index (χ2v) is 6.18. The van der Waals surface area contributed by atoms with Crippen LogP contribution in [0.5, 0.6) is 5.75 Å². The van der Waals surface area contributed by atoms with E-state index in [9.17, 15) is 24.5 Å². The minimum absolute atomic E-state index is 0.0707. The van der Waals surface area contributed by atoms with Gasteiger partial charge in [-0.15, -0.1) is 0 Å². The molecule has 0 aromatic heterocycles. The van der Waals surface area contributed by atoms with E-state index in [1.807, 2.05) is 0 Å². The normalized spacial score (nSPS) is 16.8. The maximum Gasteiger partial charge on any atom is 0.335 e. The smallest absolute Gasteiger partial charge is 0.335 e. The number of non-ortho nitro benzene ring substituents is 1. The van der Waals surface area contributed by atoms with Crippen LogP contribution in [-0.2, 0) is 9.59 Å². The minimum atomic E-state index is -1.39. The van der Waals surface area contributed by atoms with Gasteiger partial charge in [-0.1, -0.05) is 12.1 Å². The van der Waals surface area contributed by atoms with Crippen molar-refractivity contribution in [2.24, 2.45) is 10.9 Å². The summed E-state index contributed by atoms with van der Waals surface area (Å²) in [7, 11) is 1.36. The number of aryl methyl sites for hydroxylation is 1. The first kappa shape index (κ1) is 19.7. The van der Waals surface area contributed by atoms with E-state index in [4.69, 9.17) is 4.74 Å². The van der Waals surface area contributed by atoms with Crippen LogP contribution in [0.15, 0.2) is 47.5 Å². The van der Waals surface area contributed by atoms with Crippen LogP contribution in [0.3, 0.4) is 0 Å². The summed E-state index contributed by atoms with van der Waals surface area (Å²) in [4.78, 5) is 52.5. The van der Waals surface area contributed by atoms with Crippen molar-refractivity contribution in [2.75, 3.05) is 12.0 Å². The molecule has 29 heavy (non-hydrogen) atoms. The fourth-order valence-electron chi connectivity index (χ4n) is 2.78. The first-order valence-corrected chi connectivity index (χ1v) is 8.44. The fraction of sp³-hybridized carbons (Fsp3) is 0.158. The van der Waals surface area contributed by atoms with Gasteiger partial charge in [0.25, 0.3) is 11.6 Å². The van der Waals surface area contributed by atoms with E-state index >= 15 is 0 Å². The van der Waals surface area contributed by atoms with Gasteiger partial charge in [0.05, 0.1) is 17.7 Å². The quantitative estimate of drug-likeness (QED) is 0.357. The largest absolute Gasteiger partial charge is 0.494 e. The lowest BCUT2D eigenvalue weighted by Gasteiger charge is -2.28. The van der Waals surface area contributed by atoms with Gasteiger partial charge in [0.2, 0.25) is 5.91 Å². The maximum atomic E-state index is 12.8. The zero-order valence-electron chi connectivity index (χ0n) is 15.5. The Morgan fingerprint density at radius 2 is 1.97 bits per heavy atom. The summed E-state index contributed by atoms with van der Waals surface area (Å²) in [5.74, 6) is -2.78. The number of imide groups is 2. The molecule has 10 nitrogen and oxygen atoms in total. The van der Waals surface area contributed by atoms with Gasteiger partial charge in [0, 0.05) is 18.3 Å². The molecule has 0 aliphatic carbocycles. The number of barbiturate groups is 1. The number of methoxy groups -OCH3 is 1. The third-order valence-electron chi connectivity index (χ3n) is 4.20. The number of rotatable bonds is 5. The van der Waals surface area contributed by atoms with Crippen LogP contribution in [0.25, 0.3) is 0 Å². The lowest BCUT2D eigenvalue weighted by Crippen LogP contribution is -2.58. The fourth-order valence-corrected chi connectivity index (χ4v) is 2.78. The number of nitrogens with one attached hydrogen (secondary N) is 1. The summed E-state index contributed by atoms with van der Waals surface area (Å²) in [6.45, 7) is 1.80. The van der Waals surface area contributed by atoms with Crippen molar-refractivity contribution in [3.05, 3.63) is 58.1 Å². The van der Waals surface area contributed by atoms with E-state index in [1.54, 1.807) is 31.2 Å². The zero-order valence-corrected chi connectivity index (χ0v) is 15.5. The summed E-state index contributed by atoms with van der Waals surface area (Å²) in [5.41, 5.74) is 0.980. The van der Waals surface area contributed by atoms with Crippen molar-refractivity contribution in [1.82, 2.24) is 5.32 Å². The topological polar surface area (TPSA) is 131 Å². The summed E-state index contributed by atoms with van der Waals surface area (Å²) in [6, 6.07) is 9.58. The number of hydrogen-bond donors (Lipinski definition) is 1. The number of carbonyl (C=O) groups excluding carboxylic acids is 3. The van der Waals surface area contributed by atoms with E-state index in [0.717, 1.165) is 22.7 Å². The number of ether oxygens (including phenoxy) is 1. The molecule has 0 spiro atoms. The number of amides is 4. The molecule has 148 valence electrons. The average Bonchev–Trinajstić information content (AvgIpc) is 2.67. The number of aliphatic imine (C=N–C) groups is 1. The predicted octanol–water partition coefficient (Wildman–Crippen LogP) is 2.51. The first-order valence-electron chi connectivity index (χ1n) is 8.44. The van der Waals surface area contributed by atoms with Crippen LogP contribution < -0.4 is 15.0 Å². The Kier molecular flexibility index (Phi) is 5.35. The first-order chi connectivity index (χ1) is 13.8. The highest BCUT2D eigenvalue weighted by Gasteiger charge is 2.40. The Balaban J connectivity index is 1.95. The average molecular weight is 396 g/mol. The van der Waals surface area contributed by atoms with Gasteiger partial charge in [-0.05, 0) is 30.7 Å². The zero-order chi connectivity index (χ0) is 21.1. The molecule has 4 amide bonds. The van der Waals surface area contributed by atoms with E-state index in [2.05, 4.69) is 10.3 Å². The van der Waals surface area contributed by atoms with Crippen molar-refractivity contribution in [2.45, 2.75) is 6.92 Å². The lowest BCUT2D eigenvalue weighted by atomic mass is 10.1. The highest BCUT2D eigenvalue weighted by Crippen LogP contribution is 2.31. The minimum Gasteiger partial charge on any atom is -0.494 e. The molecule has 1 fully saturated rings. The Hall–Kier alpha value is -4.08. The number of hydrogen-bond acceptors (Lipinski definition) is 7. The lowest BCUT2D eigenvalue weighted by molar-refractivity contribution is -0.384.